The maximum Gasteiger partial charge on any atom is 0.357 e. The third-order valence-corrected chi connectivity index (χ3v) is 4.05. The molecule has 0 spiro atoms. The second-order valence-electron chi connectivity index (χ2n) is 5.07. The lowest BCUT2D eigenvalue weighted by Gasteiger charge is -2.12. The highest BCUT2D eigenvalue weighted by atomic mass is 35.5. The van der Waals surface area contributed by atoms with Gasteiger partial charge in [-0.25, -0.2) is 13.9 Å². The molecule has 0 amide bonds. The number of carbonyl (C=O) groups excluding carboxylic acids is 1. The number of rotatable bonds is 4. The zero-order chi connectivity index (χ0) is 15.9. The molecule has 0 saturated heterocycles. The molecule has 0 aliphatic heterocycles. The SMILES string of the molecule is CCOC(=O)c1c(C2CC2)cnn1-c1c(Cl)cc(F)cc1Cl. The molecule has 1 saturated carbocycles. The van der Waals surface area contributed by atoms with E-state index in [0.29, 0.717) is 11.6 Å². The summed E-state index contributed by atoms with van der Waals surface area (Å²) in [4.78, 5) is 12.3. The zero-order valence-corrected chi connectivity index (χ0v) is 13.3. The molecule has 4 nitrogen and oxygen atoms in total. The lowest BCUT2D eigenvalue weighted by Crippen LogP contribution is -2.14. The largest absolute Gasteiger partial charge is 0.461 e. The Hall–Kier alpha value is -1.59. The van der Waals surface area contributed by atoms with Gasteiger partial charge in [-0.15, -0.1) is 0 Å². The molecule has 0 N–H and O–H groups in total. The van der Waals surface area contributed by atoms with Crippen molar-refractivity contribution < 1.29 is 13.9 Å². The van der Waals surface area contributed by atoms with Crippen LogP contribution in [0.25, 0.3) is 5.69 Å². The van der Waals surface area contributed by atoms with Gasteiger partial charge in [0.15, 0.2) is 5.69 Å². The van der Waals surface area contributed by atoms with Gasteiger partial charge in [0.1, 0.15) is 11.5 Å². The van der Waals surface area contributed by atoms with E-state index in [-0.39, 0.29) is 22.3 Å². The van der Waals surface area contributed by atoms with Gasteiger partial charge in [-0.3, -0.25) is 0 Å². The maximum absolute atomic E-state index is 13.4. The van der Waals surface area contributed by atoms with Gasteiger partial charge in [-0.2, -0.15) is 5.10 Å². The first kappa shape index (κ1) is 15.3. The molecule has 0 bridgehead atoms. The van der Waals surface area contributed by atoms with Crippen LogP contribution in [0.1, 0.15) is 41.7 Å². The third kappa shape index (κ3) is 2.71. The van der Waals surface area contributed by atoms with Crippen molar-refractivity contribution in [1.29, 1.82) is 0 Å². The summed E-state index contributed by atoms with van der Waals surface area (Å²) < 4.78 is 19.8. The predicted molar refractivity (Wildman–Crippen MR) is 81.5 cm³/mol. The first-order valence-corrected chi connectivity index (χ1v) is 7.68. The average Bonchev–Trinajstić information content (AvgIpc) is 3.18. The Kier molecular flexibility index (Phi) is 4.10. The predicted octanol–water partition coefficient (Wildman–Crippen LogP) is 4.37. The van der Waals surface area contributed by atoms with Crippen LogP contribution in [0.5, 0.6) is 0 Å². The van der Waals surface area contributed by atoms with Crippen LogP contribution in [0.3, 0.4) is 0 Å². The second kappa shape index (κ2) is 5.89. The Morgan fingerprint density at radius 3 is 2.59 bits per heavy atom. The molecule has 2 aromatic rings. The molecule has 1 aromatic heterocycles. The average molecular weight is 343 g/mol. The first-order chi connectivity index (χ1) is 10.5. The Labute approximate surface area is 136 Å². The van der Waals surface area contributed by atoms with Gasteiger partial charge in [0.25, 0.3) is 0 Å². The second-order valence-corrected chi connectivity index (χ2v) is 5.89. The van der Waals surface area contributed by atoms with E-state index in [4.69, 9.17) is 27.9 Å². The number of ether oxygens (including phenoxy) is 1. The van der Waals surface area contributed by atoms with Crippen LogP contribution < -0.4 is 0 Å². The molecule has 116 valence electrons. The lowest BCUT2D eigenvalue weighted by molar-refractivity contribution is 0.0514. The van der Waals surface area contributed by atoms with E-state index in [1.54, 1.807) is 13.1 Å². The number of aromatic nitrogens is 2. The molecular weight excluding hydrogens is 330 g/mol. The molecule has 0 radical (unpaired) electrons. The molecule has 0 unspecified atom stereocenters. The van der Waals surface area contributed by atoms with Gasteiger partial charge in [0.05, 0.1) is 22.8 Å². The molecule has 22 heavy (non-hydrogen) atoms. The number of esters is 1. The summed E-state index contributed by atoms with van der Waals surface area (Å²) in [7, 11) is 0. The quantitative estimate of drug-likeness (QED) is 0.774. The number of hydrogen-bond donors (Lipinski definition) is 0. The van der Waals surface area contributed by atoms with E-state index >= 15 is 0 Å². The van der Waals surface area contributed by atoms with Gasteiger partial charge in [0, 0.05) is 5.56 Å². The molecule has 7 heteroatoms. The van der Waals surface area contributed by atoms with Crippen molar-refractivity contribution in [3.63, 3.8) is 0 Å². The number of carbonyl (C=O) groups is 1. The van der Waals surface area contributed by atoms with E-state index < -0.39 is 11.8 Å². The van der Waals surface area contributed by atoms with Crippen LogP contribution in [-0.2, 0) is 4.74 Å². The van der Waals surface area contributed by atoms with Gasteiger partial charge in [0.2, 0.25) is 0 Å². The fourth-order valence-corrected chi connectivity index (χ4v) is 2.98. The Balaban J connectivity index is 2.17. The fourth-order valence-electron chi connectivity index (χ4n) is 2.36. The third-order valence-electron chi connectivity index (χ3n) is 3.48. The summed E-state index contributed by atoms with van der Waals surface area (Å²) in [5, 5.41) is 4.40. The van der Waals surface area contributed by atoms with E-state index in [0.717, 1.165) is 30.5 Å². The number of halogens is 3. The molecule has 0 atom stereocenters. The maximum atomic E-state index is 13.4. The van der Waals surface area contributed by atoms with E-state index in [2.05, 4.69) is 5.10 Å². The monoisotopic (exact) mass is 342 g/mol. The van der Waals surface area contributed by atoms with E-state index in [1.165, 1.54) is 4.68 Å². The van der Waals surface area contributed by atoms with E-state index in [9.17, 15) is 9.18 Å². The van der Waals surface area contributed by atoms with Crippen LogP contribution in [0.2, 0.25) is 10.0 Å². The minimum absolute atomic E-state index is 0.0843. The first-order valence-electron chi connectivity index (χ1n) is 6.92. The van der Waals surface area contributed by atoms with Crippen LogP contribution in [0.15, 0.2) is 18.3 Å². The summed E-state index contributed by atoms with van der Waals surface area (Å²) in [5.74, 6) is -0.740. The van der Waals surface area contributed by atoms with Crippen molar-refractivity contribution in [1.82, 2.24) is 9.78 Å². The molecule has 1 aliphatic rings. The Morgan fingerprint density at radius 1 is 1.41 bits per heavy atom. The van der Waals surface area contributed by atoms with Crippen LogP contribution in [0.4, 0.5) is 4.39 Å². The van der Waals surface area contributed by atoms with E-state index in [1.807, 2.05) is 0 Å². The number of benzene rings is 1. The van der Waals surface area contributed by atoms with Crippen molar-refractivity contribution in [3.05, 3.63) is 45.4 Å². The van der Waals surface area contributed by atoms with Crippen LogP contribution in [-0.4, -0.2) is 22.4 Å². The lowest BCUT2D eigenvalue weighted by atomic mass is 10.1. The Bertz CT molecular complexity index is 718. The van der Waals surface area contributed by atoms with Crippen LogP contribution in [0, 0.1) is 5.82 Å². The van der Waals surface area contributed by atoms with Crippen molar-refractivity contribution in [3.8, 4) is 5.69 Å². The summed E-state index contributed by atoms with van der Waals surface area (Å²) >= 11 is 12.2. The zero-order valence-electron chi connectivity index (χ0n) is 11.8. The van der Waals surface area contributed by atoms with Gasteiger partial charge < -0.3 is 4.74 Å². The summed E-state index contributed by atoms with van der Waals surface area (Å²) in [6.07, 6.45) is 3.63. The van der Waals surface area contributed by atoms with Gasteiger partial charge >= 0.3 is 5.97 Å². The van der Waals surface area contributed by atoms with Crippen molar-refractivity contribution in [2.24, 2.45) is 0 Å². The molecular formula is C15H13Cl2FN2O2. The van der Waals surface area contributed by atoms with Gasteiger partial charge in [-0.05, 0) is 37.8 Å². The minimum atomic E-state index is -0.550. The molecule has 1 fully saturated rings. The normalized spacial score (nSPS) is 14.2. The van der Waals surface area contributed by atoms with Crippen molar-refractivity contribution >= 4 is 29.2 Å². The highest BCUT2D eigenvalue weighted by molar-refractivity contribution is 6.37. The highest BCUT2D eigenvalue weighted by Crippen LogP contribution is 2.43. The minimum Gasteiger partial charge on any atom is -0.461 e. The topological polar surface area (TPSA) is 44.1 Å². The number of hydrogen-bond acceptors (Lipinski definition) is 3. The summed E-state index contributed by atoms with van der Waals surface area (Å²) in [5.41, 5.74) is 1.40. The standard InChI is InChI=1S/C15H13Cl2FN2O2/c1-2-22-15(21)13-10(8-3-4-8)7-19-20(13)14-11(16)5-9(18)6-12(14)17/h5-8H,2-4H2,1H3. The Morgan fingerprint density at radius 2 is 2.05 bits per heavy atom. The van der Waals surface area contributed by atoms with Crippen molar-refractivity contribution in [2.75, 3.05) is 6.61 Å². The molecule has 1 aliphatic carbocycles. The highest BCUT2D eigenvalue weighted by Gasteiger charge is 2.33. The fraction of sp³-hybridized carbons (Fsp3) is 0.333. The summed E-state index contributed by atoms with van der Waals surface area (Å²) in [6, 6.07) is 2.27. The summed E-state index contributed by atoms with van der Waals surface area (Å²) in [6.45, 7) is 1.98. The van der Waals surface area contributed by atoms with Crippen molar-refractivity contribution in [2.45, 2.75) is 25.7 Å². The smallest absolute Gasteiger partial charge is 0.357 e. The number of nitrogens with zero attached hydrogens (tertiary/aromatic N) is 2. The van der Waals surface area contributed by atoms with Crippen LogP contribution >= 0.6 is 23.2 Å². The molecule has 1 heterocycles. The van der Waals surface area contributed by atoms with Gasteiger partial charge in [-0.1, -0.05) is 23.2 Å². The molecule has 3 rings (SSSR count). The molecule has 1 aromatic carbocycles.